The zero-order valence-electron chi connectivity index (χ0n) is 68.2. The van der Waals surface area contributed by atoms with Crippen LogP contribution in [0.3, 0.4) is 0 Å². The first kappa shape index (κ1) is 74.0. The molecule has 19 aromatic carbocycles. The van der Waals surface area contributed by atoms with Gasteiger partial charge in [0.2, 0.25) is 0 Å². The summed E-state index contributed by atoms with van der Waals surface area (Å²) in [6.45, 7) is 0. The molecule has 0 saturated carbocycles. The third kappa shape index (κ3) is 12.4. The van der Waals surface area contributed by atoms with E-state index in [4.69, 9.17) is 29.9 Å². The molecular formula is C118H74N6S2. The lowest BCUT2D eigenvalue weighted by Gasteiger charge is -2.34. The van der Waals surface area contributed by atoms with Crippen LogP contribution >= 0.6 is 22.7 Å². The number of hydrogen-bond acceptors (Lipinski definition) is 8. The fraction of sp³-hybridized carbons (Fsp3) is 0.0169. The number of hydrogen-bond donors (Lipinski definition) is 0. The van der Waals surface area contributed by atoms with Gasteiger partial charge in [0.1, 0.15) is 0 Å². The van der Waals surface area contributed by atoms with Crippen LogP contribution in [0.4, 0.5) is 0 Å². The smallest absolute Gasteiger partial charge is 0.164 e. The summed E-state index contributed by atoms with van der Waals surface area (Å²) in [7, 11) is 0. The minimum atomic E-state index is -0.506. The quantitative estimate of drug-likeness (QED) is 0.114. The Morgan fingerprint density at radius 2 is 0.444 bits per heavy atom. The second kappa shape index (κ2) is 30.6. The zero-order valence-corrected chi connectivity index (χ0v) is 69.9. The number of fused-ring (bicyclic) bond motifs is 14. The summed E-state index contributed by atoms with van der Waals surface area (Å²) in [5, 5.41) is 9.47. The van der Waals surface area contributed by atoms with Crippen molar-refractivity contribution in [1.82, 2.24) is 29.9 Å². The van der Waals surface area contributed by atoms with E-state index in [1.165, 1.54) is 129 Å². The van der Waals surface area contributed by atoms with Crippen molar-refractivity contribution in [1.29, 1.82) is 0 Å². The Hall–Kier alpha value is -15.8. The van der Waals surface area contributed by atoms with E-state index in [9.17, 15) is 0 Å². The maximum Gasteiger partial charge on any atom is 0.164 e. The number of rotatable bonds is 13. The van der Waals surface area contributed by atoms with Gasteiger partial charge in [-0.1, -0.05) is 388 Å². The van der Waals surface area contributed by atoms with Crippen LogP contribution in [-0.4, -0.2) is 29.9 Å². The van der Waals surface area contributed by atoms with Gasteiger partial charge in [0.15, 0.2) is 34.9 Å². The van der Waals surface area contributed by atoms with Crippen LogP contribution in [-0.2, 0) is 10.8 Å². The van der Waals surface area contributed by atoms with Gasteiger partial charge in [0, 0.05) is 73.7 Å². The molecule has 4 heterocycles. The molecule has 0 fully saturated rings. The maximum absolute atomic E-state index is 5.34. The van der Waals surface area contributed by atoms with E-state index >= 15 is 0 Å². The summed E-state index contributed by atoms with van der Waals surface area (Å²) >= 11 is 3.64. The monoisotopic (exact) mass is 1640 g/mol. The minimum absolute atomic E-state index is 0.502. The largest absolute Gasteiger partial charge is 0.208 e. The van der Waals surface area contributed by atoms with Gasteiger partial charge in [-0.25, -0.2) is 29.9 Å². The molecule has 4 aromatic heterocycles. The van der Waals surface area contributed by atoms with E-state index in [0.29, 0.717) is 34.9 Å². The maximum atomic E-state index is 5.34. The molecule has 0 radical (unpaired) electrons. The number of nitrogens with zero attached hydrogens (tertiary/aromatic N) is 6. The summed E-state index contributed by atoms with van der Waals surface area (Å²) in [4.78, 5) is 31.7. The van der Waals surface area contributed by atoms with Crippen LogP contribution in [0.15, 0.2) is 449 Å². The Labute approximate surface area is 737 Å². The predicted molar refractivity (Wildman–Crippen MR) is 524 cm³/mol. The van der Waals surface area contributed by atoms with Gasteiger partial charge in [-0.3, -0.25) is 0 Å². The molecule has 25 rings (SSSR count). The Morgan fingerprint density at radius 1 is 0.159 bits per heavy atom. The first-order valence-corrected chi connectivity index (χ1v) is 44.4. The highest BCUT2D eigenvalue weighted by molar-refractivity contribution is 7.26. The molecule has 0 spiro atoms. The van der Waals surface area contributed by atoms with E-state index in [-0.39, 0.29) is 0 Å². The van der Waals surface area contributed by atoms with Crippen LogP contribution in [0.2, 0.25) is 0 Å². The molecule has 0 saturated heterocycles. The van der Waals surface area contributed by atoms with Crippen LogP contribution in [0, 0.1) is 0 Å². The highest BCUT2D eigenvalue weighted by Crippen LogP contribution is 2.59. The minimum Gasteiger partial charge on any atom is -0.208 e. The van der Waals surface area contributed by atoms with Crippen molar-refractivity contribution in [3.05, 3.63) is 493 Å². The Morgan fingerprint density at radius 3 is 0.905 bits per heavy atom. The number of thiophene rings is 2. The molecule has 0 amide bonds. The average molecular weight is 1640 g/mol. The van der Waals surface area contributed by atoms with Crippen LogP contribution in [0.5, 0.6) is 0 Å². The fourth-order valence-corrected chi connectivity index (χ4v) is 22.1. The Balaban J connectivity index is 0.000000141. The third-order valence-corrected chi connectivity index (χ3v) is 27.9. The molecular weight excluding hydrogens is 1570 g/mol. The van der Waals surface area contributed by atoms with Crippen molar-refractivity contribution in [3.8, 4) is 124 Å². The van der Waals surface area contributed by atoms with Crippen molar-refractivity contribution in [2.45, 2.75) is 10.8 Å². The molecule has 588 valence electrons. The molecule has 126 heavy (non-hydrogen) atoms. The van der Waals surface area contributed by atoms with E-state index < -0.39 is 10.8 Å². The summed E-state index contributed by atoms with van der Waals surface area (Å²) in [5.74, 6) is 3.85. The third-order valence-electron chi connectivity index (χ3n) is 25.6. The van der Waals surface area contributed by atoms with Crippen LogP contribution in [0.1, 0.15) is 44.5 Å². The van der Waals surface area contributed by atoms with Gasteiger partial charge < -0.3 is 0 Å². The standard InChI is InChI=1S/C60H37N3S.C58H37N3S/c1-2-17-46(18-3-1)60(52-22-10-8-19-48(52)49-20-9-11-23-53(49)60)47-33-34-54-51(37-47)56-50(21-12-24-55(56)64-54)59-62-57(61-58(63-59)45-32-28-39-14-5-7-16-43(39)36-45)41-29-25-40(26-30-41)44-31-27-38-13-4-6-15-42(38)35-44;1-4-17-38(18-5-1)40-21-14-22-41(35-40)42-23-15-24-43(36-42)56-59-55(39-19-6-2-7-20-39)60-57(61-56)48-29-16-32-53-54(48)49-37-45(33-34-52(49)62-53)58(44-25-8-3-9-26-44)50-30-12-10-27-46(50)47-28-11-13-31-51(47)58/h1-37H;1-37H. The first-order chi connectivity index (χ1) is 62.4. The van der Waals surface area contributed by atoms with Crippen LogP contribution < -0.4 is 0 Å². The van der Waals surface area contributed by atoms with Gasteiger partial charge in [-0.15, -0.1) is 22.7 Å². The van der Waals surface area contributed by atoms with E-state index in [0.717, 1.165) is 66.2 Å². The molecule has 8 heteroatoms. The summed E-state index contributed by atoms with van der Waals surface area (Å²) in [6, 6.07) is 162. The molecule has 0 N–H and O–H groups in total. The van der Waals surface area contributed by atoms with Crippen molar-refractivity contribution in [2.75, 3.05) is 0 Å². The van der Waals surface area contributed by atoms with E-state index in [2.05, 4.69) is 431 Å². The van der Waals surface area contributed by atoms with Crippen LogP contribution in [0.25, 0.3) is 186 Å². The topological polar surface area (TPSA) is 77.3 Å². The molecule has 0 atom stereocenters. The molecule has 0 unspecified atom stereocenters. The second-order valence-electron chi connectivity index (χ2n) is 32.6. The summed E-state index contributed by atoms with van der Waals surface area (Å²) in [5.41, 5.74) is 26.9. The zero-order chi connectivity index (χ0) is 83.2. The van der Waals surface area contributed by atoms with Crippen molar-refractivity contribution in [3.63, 3.8) is 0 Å². The molecule has 2 aliphatic carbocycles. The summed E-state index contributed by atoms with van der Waals surface area (Å²) in [6.07, 6.45) is 0. The normalized spacial score (nSPS) is 12.7. The van der Waals surface area contributed by atoms with Gasteiger partial charge in [-0.05, 0) is 182 Å². The lowest BCUT2D eigenvalue weighted by Crippen LogP contribution is -2.28. The molecule has 0 bridgehead atoms. The second-order valence-corrected chi connectivity index (χ2v) is 34.8. The Kier molecular flexibility index (Phi) is 18.0. The lowest BCUT2D eigenvalue weighted by atomic mass is 9.67. The molecule has 0 aliphatic heterocycles. The molecule has 2 aliphatic rings. The van der Waals surface area contributed by atoms with Gasteiger partial charge in [-0.2, -0.15) is 0 Å². The SMILES string of the molecule is c1ccc(-c2cccc(-c3cccc(-c4nc(-c5ccccc5)nc(-c5cccc6sc7ccc(C8(c9ccccc9)c9ccccc9-c9ccccc98)cc7c56)n4)c3)c2)cc1.c1ccc(C2(c3ccc4sc5cccc(-c6nc(-c7ccc(-c8ccc9ccccc9c8)cc7)nc(-c7ccc8ccccc8c7)n6)c5c4c3)c3ccccc3-c3ccccc32)cc1. The first-order valence-electron chi connectivity index (χ1n) is 42.8. The molecule has 23 aromatic rings. The number of benzene rings is 19. The van der Waals surface area contributed by atoms with E-state index in [1.807, 2.05) is 40.9 Å². The Bertz CT molecular complexity index is 8140. The average Bonchev–Trinajstić information content (AvgIpc) is 1.54. The lowest BCUT2D eigenvalue weighted by molar-refractivity contribution is 0.770. The number of aromatic nitrogens is 6. The van der Waals surface area contributed by atoms with Crippen molar-refractivity contribution >= 4 is 84.6 Å². The molecule has 6 nitrogen and oxygen atoms in total. The highest BCUT2D eigenvalue weighted by atomic mass is 32.1. The van der Waals surface area contributed by atoms with Gasteiger partial charge in [0.25, 0.3) is 0 Å². The highest BCUT2D eigenvalue weighted by Gasteiger charge is 2.48. The van der Waals surface area contributed by atoms with Gasteiger partial charge in [0.05, 0.1) is 10.8 Å². The van der Waals surface area contributed by atoms with Crippen molar-refractivity contribution < 1.29 is 0 Å². The summed E-state index contributed by atoms with van der Waals surface area (Å²) < 4.78 is 4.84. The van der Waals surface area contributed by atoms with E-state index in [1.54, 1.807) is 0 Å². The van der Waals surface area contributed by atoms with Gasteiger partial charge >= 0.3 is 0 Å². The van der Waals surface area contributed by atoms with Crippen molar-refractivity contribution in [2.24, 2.45) is 0 Å². The fourth-order valence-electron chi connectivity index (χ4n) is 19.9. The predicted octanol–water partition coefficient (Wildman–Crippen LogP) is 30.5.